The molecule has 3 unspecified atom stereocenters. The Bertz CT molecular complexity index is 875. The molecule has 196 valence electrons. The van der Waals surface area contributed by atoms with Crippen LogP contribution in [0.5, 0.6) is 0 Å². The van der Waals surface area contributed by atoms with E-state index in [1.807, 2.05) is 45.9 Å². The van der Waals surface area contributed by atoms with Gasteiger partial charge in [0.15, 0.2) is 0 Å². The number of unbranched alkanes of at least 4 members (excludes halogenated alkanes) is 1. The number of aryl methyl sites for hydroxylation is 1. The molecule has 1 rings (SSSR count). The van der Waals surface area contributed by atoms with E-state index in [0.29, 0.717) is 13.0 Å². The lowest BCUT2D eigenvalue weighted by molar-refractivity contribution is -0.142. The molecule has 0 radical (unpaired) electrons. The molecule has 0 heterocycles. The van der Waals surface area contributed by atoms with Crippen LogP contribution >= 0.6 is 0 Å². The maximum Gasteiger partial charge on any atom is 0.408 e. The molecular formula is C28H45N3O4. The molecule has 2 N–H and O–H groups in total. The number of rotatable bonds is 12. The number of carbonyl (C=O) groups excluding carboxylic acids is 3. The molecule has 1 aromatic rings. The van der Waals surface area contributed by atoms with Crippen LogP contribution in [0.25, 0.3) is 0 Å². The van der Waals surface area contributed by atoms with Crippen molar-refractivity contribution in [3.05, 3.63) is 47.5 Å². The van der Waals surface area contributed by atoms with Gasteiger partial charge in [0.1, 0.15) is 17.7 Å². The van der Waals surface area contributed by atoms with Crippen molar-refractivity contribution in [1.29, 1.82) is 0 Å². The number of nitrogens with one attached hydrogen (secondary N) is 2. The van der Waals surface area contributed by atoms with E-state index in [2.05, 4.69) is 24.1 Å². The Morgan fingerprint density at radius 2 is 1.83 bits per heavy atom. The van der Waals surface area contributed by atoms with Crippen LogP contribution in [0, 0.1) is 19.8 Å². The number of hydrogen-bond donors (Lipinski definition) is 2. The summed E-state index contributed by atoms with van der Waals surface area (Å²) in [5.41, 5.74) is 2.04. The third-order valence-electron chi connectivity index (χ3n) is 6.09. The second kappa shape index (κ2) is 13.9. The zero-order valence-electron chi connectivity index (χ0n) is 22.9. The van der Waals surface area contributed by atoms with Gasteiger partial charge >= 0.3 is 6.09 Å². The van der Waals surface area contributed by atoms with Gasteiger partial charge in [-0.15, -0.1) is 6.58 Å². The van der Waals surface area contributed by atoms with E-state index >= 15 is 0 Å². The Balaban J connectivity index is 3.50. The average Bonchev–Trinajstić information content (AvgIpc) is 2.77. The predicted molar refractivity (Wildman–Crippen MR) is 141 cm³/mol. The fraction of sp³-hybridized carbons (Fsp3) is 0.607. The van der Waals surface area contributed by atoms with Crippen molar-refractivity contribution in [3.8, 4) is 0 Å². The second-order valence-electron chi connectivity index (χ2n) is 10.1. The Morgan fingerprint density at radius 3 is 2.37 bits per heavy atom. The number of nitrogens with zero attached hydrogens (tertiary/aromatic N) is 1. The summed E-state index contributed by atoms with van der Waals surface area (Å²) in [7, 11) is 0. The molecule has 0 bridgehead atoms. The first-order valence-electron chi connectivity index (χ1n) is 12.6. The molecule has 0 fully saturated rings. The van der Waals surface area contributed by atoms with Gasteiger partial charge in [0.2, 0.25) is 11.8 Å². The van der Waals surface area contributed by atoms with Crippen LogP contribution in [0.2, 0.25) is 0 Å². The molecule has 0 aliphatic rings. The van der Waals surface area contributed by atoms with Crippen molar-refractivity contribution in [3.63, 3.8) is 0 Å². The smallest absolute Gasteiger partial charge is 0.408 e. The second-order valence-corrected chi connectivity index (χ2v) is 10.1. The monoisotopic (exact) mass is 487 g/mol. The molecular weight excluding hydrogens is 442 g/mol. The van der Waals surface area contributed by atoms with Gasteiger partial charge in [-0.25, -0.2) is 4.79 Å². The van der Waals surface area contributed by atoms with Crippen molar-refractivity contribution >= 4 is 17.9 Å². The third kappa shape index (κ3) is 9.04. The van der Waals surface area contributed by atoms with Crippen LogP contribution < -0.4 is 10.6 Å². The number of amides is 3. The van der Waals surface area contributed by atoms with E-state index in [4.69, 9.17) is 4.74 Å². The van der Waals surface area contributed by atoms with Gasteiger partial charge in [-0.1, -0.05) is 57.9 Å². The molecule has 7 heteroatoms. The number of hydrogen-bond acceptors (Lipinski definition) is 4. The molecule has 7 nitrogen and oxygen atoms in total. The topological polar surface area (TPSA) is 87.7 Å². The Kier molecular flexibility index (Phi) is 12.0. The molecule has 0 saturated heterocycles. The van der Waals surface area contributed by atoms with Gasteiger partial charge in [-0.3, -0.25) is 9.59 Å². The van der Waals surface area contributed by atoms with Gasteiger partial charge in [0, 0.05) is 13.1 Å². The van der Waals surface area contributed by atoms with Crippen LogP contribution in [0.3, 0.4) is 0 Å². The van der Waals surface area contributed by atoms with E-state index in [1.165, 1.54) is 4.90 Å². The fourth-order valence-corrected chi connectivity index (χ4v) is 3.76. The lowest BCUT2D eigenvalue weighted by Crippen LogP contribution is -2.55. The summed E-state index contributed by atoms with van der Waals surface area (Å²) in [4.78, 5) is 41.7. The molecule has 0 spiro atoms. The highest BCUT2D eigenvalue weighted by molar-refractivity contribution is 5.92. The molecule has 3 atom stereocenters. The average molecular weight is 488 g/mol. The zero-order chi connectivity index (χ0) is 26.8. The summed E-state index contributed by atoms with van der Waals surface area (Å²) < 4.78 is 5.43. The van der Waals surface area contributed by atoms with Crippen molar-refractivity contribution < 1.29 is 19.1 Å². The van der Waals surface area contributed by atoms with E-state index in [-0.39, 0.29) is 24.3 Å². The Hall–Kier alpha value is -2.83. The van der Waals surface area contributed by atoms with Gasteiger partial charge in [0.05, 0.1) is 0 Å². The van der Waals surface area contributed by atoms with Crippen molar-refractivity contribution in [2.45, 2.75) is 92.3 Å². The number of benzene rings is 1. The molecule has 0 saturated carbocycles. The Morgan fingerprint density at radius 1 is 1.17 bits per heavy atom. The summed E-state index contributed by atoms with van der Waals surface area (Å²) in [6, 6.07) is 4.05. The fourth-order valence-electron chi connectivity index (χ4n) is 3.76. The van der Waals surface area contributed by atoms with Crippen LogP contribution in [-0.2, 0) is 14.3 Å². The predicted octanol–water partition coefficient (Wildman–Crippen LogP) is 5.21. The quantitative estimate of drug-likeness (QED) is 0.313. The van der Waals surface area contributed by atoms with Crippen molar-refractivity contribution in [2.75, 3.05) is 13.1 Å². The van der Waals surface area contributed by atoms with E-state index in [0.717, 1.165) is 29.5 Å². The van der Waals surface area contributed by atoms with E-state index < -0.39 is 23.8 Å². The first-order chi connectivity index (χ1) is 16.4. The van der Waals surface area contributed by atoms with Crippen LogP contribution in [0.4, 0.5) is 4.79 Å². The van der Waals surface area contributed by atoms with Gasteiger partial charge in [-0.05, 0) is 63.6 Å². The summed E-state index contributed by atoms with van der Waals surface area (Å²) in [6.07, 6.45) is 3.39. The SMILES string of the molecule is C=CCN(C(=O)C(NC(=O)OC(C)(C)C)C(C)CC)C(C(=O)NCCCC)c1cccc(C)c1C. The lowest BCUT2D eigenvalue weighted by atomic mass is 9.93. The minimum atomic E-state index is -0.857. The minimum Gasteiger partial charge on any atom is -0.444 e. The highest BCUT2D eigenvalue weighted by Gasteiger charge is 2.38. The highest BCUT2D eigenvalue weighted by atomic mass is 16.6. The van der Waals surface area contributed by atoms with Crippen molar-refractivity contribution in [2.24, 2.45) is 5.92 Å². The van der Waals surface area contributed by atoms with E-state index in [1.54, 1.807) is 26.8 Å². The number of ether oxygens (including phenoxy) is 1. The van der Waals surface area contributed by atoms with Crippen LogP contribution in [0.15, 0.2) is 30.9 Å². The lowest BCUT2D eigenvalue weighted by Gasteiger charge is -2.36. The Labute approximate surface area is 211 Å². The largest absolute Gasteiger partial charge is 0.444 e. The molecule has 0 aliphatic heterocycles. The maximum atomic E-state index is 14.0. The summed E-state index contributed by atoms with van der Waals surface area (Å²) in [5, 5.41) is 5.77. The summed E-state index contributed by atoms with van der Waals surface area (Å²) >= 11 is 0. The maximum absolute atomic E-state index is 14.0. The standard InChI is InChI=1S/C28H45N3O4/c1-10-13-17-29-25(32)24(22-16-14-15-20(5)21(22)6)31(18-11-2)26(33)23(19(4)12-3)30-27(34)35-28(7,8)9/h11,14-16,19,23-24H,2,10,12-13,17-18H2,1,3-9H3,(H,29,32)(H,30,34). The minimum absolute atomic E-state index is 0.154. The first kappa shape index (κ1) is 30.2. The first-order valence-corrected chi connectivity index (χ1v) is 12.6. The molecule has 3 amide bonds. The van der Waals surface area contributed by atoms with Gasteiger partial charge in [-0.2, -0.15) is 0 Å². The van der Waals surface area contributed by atoms with Crippen molar-refractivity contribution in [1.82, 2.24) is 15.5 Å². The van der Waals surface area contributed by atoms with Crippen LogP contribution in [-0.4, -0.2) is 47.5 Å². The number of alkyl carbamates (subject to hydrolysis) is 1. The van der Waals surface area contributed by atoms with Crippen LogP contribution in [0.1, 0.15) is 83.5 Å². The normalized spacial score (nSPS) is 13.8. The summed E-state index contributed by atoms with van der Waals surface area (Å²) in [5.74, 6) is -0.770. The van der Waals surface area contributed by atoms with Gasteiger partial charge < -0.3 is 20.3 Å². The summed E-state index contributed by atoms with van der Waals surface area (Å²) in [6.45, 7) is 19.7. The van der Waals surface area contributed by atoms with E-state index in [9.17, 15) is 14.4 Å². The third-order valence-corrected chi connectivity index (χ3v) is 6.09. The zero-order valence-corrected chi connectivity index (χ0v) is 22.9. The molecule has 0 aliphatic carbocycles. The number of carbonyl (C=O) groups is 3. The molecule has 0 aromatic heterocycles. The molecule has 35 heavy (non-hydrogen) atoms. The highest BCUT2D eigenvalue weighted by Crippen LogP contribution is 2.28. The molecule has 1 aromatic carbocycles. The van der Waals surface area contributed by atoms with Gasteiger partial charge in [0.25, 0.3) is 0 Å².